The number of benzene rings is 3. The molecule has 37 heavy (non-hydrogen) atoms. The van der Waals surface area contributed by atoms with E-state index in [1.807, 2.05) is 0 Å². The third-order valence-corrected chi connectivity index (χ3v) is 7.43. The van der Waals surface area contributed by atoms with Crippen LogP contribution in [0.1, 0.15) is 29.7 Å². The van der Waals surface area contributed by atoms with Crippen molar-refractivity contribution in [2.45, 2.75) is 31.0 Å². The Balaban J connectivity index is 1.94. The quantitative estimate of drug-likeness (QED) is 0.411. The van der Waals surface area contributed by atoms with Gasteiger partial charge in [0.05, 0.1) is 36.4 Å². The van der Waals surface area contributed by atoms with Gasteiger partial charge < -0.3 is 14.8 Å². The van der Waals surface area contributed by atoms with Crippen molar-refractivity contribution in [3.8, 4) is 11.5 Å². The van der Waals surface area contributed by atoms with Crippen LogP contribution in [0.2, 0.25) is 0 Å². The van der Waals surface area contributed by atoms with E-state index < -0.39 is 40.3 Å². The Labute approximate surface area is 213 Å². The SMILES string of the molecule is COc1ccc([C@@H](C)NC(=O)CN(c2cccc(C(F)(F)F)c2)S(=O)(=O)c2ccc(C)cc2)cc1OC. The molecule has 0 radical (unpaired) electrons. The Morgan fingerprint density at radius 2 is 1.62 bits per heavy atom. The van der Waals surface area contributed by atoms with E-state index in [1.54, 1.807) is 44.2 Å². The van der Waals surface area contributed by atoms with E-state index in [0.29, 0.717) is 27.4 Å². The third-order valence-electron chi connectivity index (χ3n) is 5.64. The minimum Gasteiger partial charge on any atom is -0.493 e. The Bertz CT molecular complexity index is 1360. The molecule has 0 bridgehead atoms. The lowest BCUT2D eigenvalue weighted by Crippen LogP contribution is -2.41. The van der Waals surface area contributed by atoms with Gasteiger partial charge in [0, 0.05) is 0 Å². The molecule has 1 N–H and O–H groups in total. The van der Waals surface area contributed by atoms with Gasteiger partial charge in [-0.05, 0) is 61.9 Å². The number of carbonyl (C=O) groups excluding carboxylic acids is 1. The van der Waals surface area contributed by atoms with Crippen LogP contribution in [0.3, 0.4) is 0 Å². The highest BCUT2D eigenvalue weighted by atomic mass is 32.2. The highest BCUT2D eigenvalue weighted by molar-refractivity contribution is 7.92. The zero-order valence-electron chi connectivity index (χ0n) is 20.7. The number of nitrogens with one attached hydrogen (secondary N) is 1. The number of sulfonamides is 1. The zero-order chi connectivity index (χ0) is 27.4. The molecular weight excluding hydrogens is 509 g/mol. The van der Waals surface area contributed by atoms with Crippen LogP contribution in [-0.4, -0.2) is 35.1 Å². The Morgan fingerprint density at radius 1 is 0.973 bits per heavy atom. The standard InChI is InChI=1S/C26H27F3N2O5S/c1-17-8-11-22(12-9-17)37(33,34)31(21-7-5-6-20(15-21)26(27,28)29)16-25(32)30-18(2)19-10-13-23(35-3)24(14-19)36-4/h5-15,18H,16H2,1-4H3,(H,30,32)/t18-/m1/s1. The number of methoxy groups -OCH3 is 2. The maximum Gasteiger partial charge on any atom is 0.416 e. The first-order valence-corrected chi connectivity index (χ1v) is 12.6. The molecule has 0 saturated carbocycles. The molecular formula is C26H27F3N2O5S. The number of anilines is 1. The van der Waals surface area contributed by atoms with Crippen LogP contribution in [0.5, 0.6) is 11.5 Å². The Morgan fingerprint density at radius 3 is 2.22 bits per heavy atom. The number of hydrogen-bond donors (Lipinski definition) is 1. The number of ether oxygens (including phenoxy) is 2. The predicted octanol–water partition coefficient (Wildman–Crippen LogP) is 5.10. The summed E-state index contributed by atoms with van der Waals surface area (Å²) in [6.07, 6.45) is -4.69. The number of rotatable bonds is 9. The monoisotopic (exact) mass is 536 g/mol. The molecule has 0 aliphatic carbocycles. The average Bonchev–Trinajstić information content (AvgIpc) is 2.86. The minimum absolute atomic E-state index is 0.156. The molecule has 11 heteroatoms. The highest BCUT2D eigenvalue weighted by Gasteiger charge is 2.33. The second-order valence-electron chi connectivity index (χ2n) is 8.28. The van der Waals surface area contributed by atoms with Gasteiger partial charge in [0.15, 0.2) is 11.5 Å². The summed E-state index contributed by atoms with van der Waals surface area (Å²) in [5.41, 5.74) is 0.126. The van der Waals surface area contributed by atoms with Gasteiger partial charge in [0.2, 0.25) is 5.91 Å². The Kier molecular flexibility index (Phi) is 8.37. The van der Waals surface area contributed by atoms with Gasteiger partial charge in [-0.15, -0.1) is 0 Å². The van der Waals surface area contributed by atoms with Gasteiger partial charge in [-0.2, -0.15) is 13.2 Å². The van der Waals surface area contributed by atoms with Gasteiger partial charge in [0.25, 0.3) is 10.0 Å². The molecule has 0 aliphatic heterocycles. The van der Waals surface area contributed by atoms with Gasteiger partial charge in [0.1, 0.15) is 6.54 Å². The van der Waals surface area contributed by atoms with Gasteiger partial charge in [-0.3, -0.25) is 9.10 Å². The molecule has 7 nitrogen and oxygen atoms in total. The molecule has 3 aromatic carbocycles. The number of amides is 1. The number of halogens is 3. The number of aryl methyl sites for hydroxylation is 1. The highest BCUT2D eigenvalue weighted by Crippen LogP contribution is 2.33. The molecule has 3 aromatic rings. The van der Waals surface area contributed by atoms with E-state index in [0.717, 1.165) is 17.7 Å². The van der Waals surface area contributed by atoms with Crippen LogP contribution < -0.4 is 19.1 Å². The molecule has 0 fully saturated rings. The zero-order valence-corrected chi connectivity index (χ0v) is 21.5. The van der Waals surface area contributed by atoms with Crippen molar-refractivity contribution in [3.05, 3.63) is 83.4 Å². The van der Waals surface area contributed by atoms with Crippen molar-refractivity contribution < 1.29 is 35.9 Å². The predicted molar refractivity (Wildman–Crippen MR) is 133 cm³/mol. The molecule has 198 valence electrons. The number of alkyl halides is 3. The first-order valence-electron chi connectivity index (χ1n) is 11.1. The summed E-state index contributed by atoms with van der Waals surface area (Å²) in [4.78, 5) is 12.9. The number of carbonyl (C=O) groups is 1. The summed E-state index contributed by atoms with van der Waals surface area (Å²) >= 11 is 0. The lowest BCUT2D eigenvalue weighted by atomic mass is 10.1. The summed E-state index contributed by atoms with van der Waals surface area (Å²) in [5.74, 6) is 0.216. The van der Waals surface area contributed by atoms with E-state index in [4.69, 9.17) is 9.47 Å². The summed E-state index contributed by atoms with van der Waals surface area (Å²) in [5, 5.41) is 2.70. The molecule has 0 heterocycles. The van der Waals surface area contributed by atoms with Crippen molar-refractivity contribution in [1.29, 1.82) is 0 Å². The first kappa shape index (κ1) is 27.9. The van der Waals surface area contributed by atoms with E-state index in [2.05, 4.69) is 5.32 Å². The molecule has 0 spiro atoms. The average molecular weight is 537 g/mol. The normalized spacial score (nSPS) is 12.5. The molecule has 0 saturated heterocycles. The second kappa shape index (κ2) is 11.1. The fraction of sp³-hybridized carbons (Fsp3) is 0.269. The minimum atomic E-state index is -4.69. The van der Waals surface area contributed by atoms with Crippen LogP contribution in [0, 0.1) is 6.92 Å². The van der Waals surface area contributed by atoms with E-state index >= 15 is 0 Å². The third kappa shape index (κ3) is 6.53. The fourth-order valence-electron chi connectivity index (χ4n) is 3.61. The lowest BCUT2D eigenvalue weighted by molar-refractivity contribution is -0.137. The molecule has 0 aromatic heterocycles. The molecule has 1 atom stereocenters. The van der Waals surface area contributed by atoms with Crippen molar-refractivity contribution in [2.24, 2.45) is 0 Å². The fourth-order valence-corrected chi connectivity index (χ4v) is 5.03. The largest absolute Gasteiger partial charge is 0.493 e. The first-order chi connectivity index (χ1) is 17.4. The van der Waals surface area contributed by atoms with Crippen LogP contribution in [0.25, 0.3) is 0 Å². The summed E-state index contributed by atoms with van der Waals surface area (Å²) < 4.78 is 78.2. The lowest BCUT2D eigenvalue weighted by Gasteiger charge is -2.26. The van der Waals surface area contributed by atoms with Crippen molar-refractivity contribution in [3.63, 3.8) is 0 Å². The van der Waals surface area contributed by atoms with Crippen LogP contribution >= 0.6 is 0 Å². The van der Waals surface area contributed by atoms with E-state index in [-0.39, 0.29) is 10.6 Å². The topological polar surface area (TPSA) is 84.9 Å². The number of hydrogen-bond acceptors (Lipinski definition) is 5. The van der Waals surface area contributed by atoms with Crippen molar-refractivity contribution >= 4 is 21.6 Å². The van der Waals surface area contributed by atoms with Gasteiger partial charge in [-0.1, -0.05) is 29.8 Å². The van der Waals surface area contributed by atoms with Crippen LogP contribution in [0.4, 0.5) is 18.9 Å². The van der Waals surface area contributed by atoms with Crippen molar-refractivity contribution in [2.75, 3.05) is 25.1 Å². The van der Waals surface area contributed by atoms with Crippen LogP contribution in [-0.2, 0) is 21.0 Å². The van der Waals surface area contributed by atoms with Crippen molar-refractivity contribution in [1.82, 2.24) is 5.32 Å². The maximum atomic E-state index is 13.5. The maximum absolute atomic E-state index is 13.5. The smallest absolute Gasteiger partial charge is 0.416 e. The number of nitrogens with zero attached hydrogens (tertiary/aromatic N) is 1. The molecule has 0 aliphatic rings. The molecule has 0 unspecified atom stereocenters. The summed E-state index contributed by atoms with van der Waals surface area (Å²) in [7, 11) is -1.43. The van der Waals surface area contributed by atoms with E-state index in [9.17, 15) is 26.4 Å². The van der Waals surface area contributed by atoms with Crippen LogP contribution in [0.15, 0.2) is 71.6 Å². The second-order valence-corrected chi connectivity index (χ2v) is 10.1. The molecule has 3 rings (SSSR count). The van der Waals surface area contributed by atoms with Gasteiger partial charge in [-0.25, -0.2) is 8.42 Å². The Hall–Kier alpha value is -3.73. The van der Waals surface area contributed by atoms with E-state index in [1.165, 1.54) is 32.4 Å². The summed E-state index contributed by atoms with van der Waals surface area (Å²) in [6, 6.07) is 14.1. The molecule has 1 amide bonds. The summed E-state index contributed by atoms with van der Waals surface area (Å²) in [6.45, 7) is 2.71. The van der Waals surface area contributed by atoms with Gasteiger partial charge >= 0.3 is 6.18 Å².